The Morgan fingerprint density at radius 2 is 1.76 bits per heavy atom. The molecule has 0 aromatic heterocycles. The predicted molar refractivity (Wildman–Crippen MR) is 93.8 cm³/mol. The molecule has 25 heavy (non-hydrogen) atoms. The second-order valence-electron chi connectivity index (χ2n) is 5.20. The number of hydrogen-bond donors (Lipinski definition) is 2. The molecule has 6 nitrogen and oxygen atoms in total. The van der Waals surface area contributed by atoms with Crippen LogP contribution in [0.25, 0.3) is 0 Å². The normalized spacial score (nSPS) is 11.0. The number of nitriles is 1. The van der Waals surface area contributed by atoms with Crippen LogP contribution in [-0.4, -0.2) is 18.3 Å². The molecule has 2 aromatic rings. The fraction of sp³-hybridized carbons (Fsp3) is 0.105. The van der Waals surface area contributed by atoms with E-state index in [1.807, 2.05) is 18.2 Å². The van der Waals surface area contributed by atoms with Crippen LogP contribution in [0, 0.1) is 11.3 Å². The highest BCUT2D eigenvalue weighted by Gasteiger charge is 2.16. The number of rotatable bonds is 6. The monoisotopic (exact) mass is 335 g/mol. The maximum atomic E-state index is 12.4. The van der Waals surface area contributed by atoms with Crippen molar-refractivity contribution in [1.29, 1.82) is 5.26 Å². The Balaban J connectivity index is 2.13. The van der Waals surface area contributed by atoms with Crippen molar-refractivity contribution in [1.82, 2.24) is 0 Å². The van der Waals surface area contributed by atoms with Gasteiger partial charge in [-0.1, -0.05) is 30.3 Å². The van der Waals surface area contributed by atoms with Gasteiger partial charge in [-0.2, -0.15) is 5.26 Å². The predicted octanol–water partition coefficient (Wildman–Crippen LogP) is 2.64. The highest BCUT2D eigenvalue weighted by atomic mass is 16.5. The van der Waals surface area contributed by atoms with Crippen LogP contribution in [0.1, 0.15) is 17.3 Å². The Hall–Kier alpha value is -3.59. The van der Waals surface area contributed by atoms with E-state index in [9.17, 15) is 9.59 Å². The van der Waals surface area contributed by atoms with Crippen molar-refractivity contribution in [2.75, 3.05) is 11.9 Å². The number of ether oxygens (including phenoxy) is 1. The van der Waals surface area contributed by atoms with Crippen LogP contribution >= 0.6 is 0 Å². The number of hydrogen-bond acceptors (Lipinski definition) is 5. The standard InChI is InChI=1S/C19H17N3O3/c1-13(21)16(11-20)17(23)12-25-18-10-6-5-9-15(18)19(24)22-14-7-3-2-4-8-14/h2-10H,12,21H2,1H3,(H,22,24)/b16-13+. The summed E-state index contributed by atoms with van der Waals surface area (Å²) in [4.78, 5) is 24.4. The van der Waals surface area contributed by atoms with Crippen LogP contribution in [0.2, 0.25) is 0 Å². The number of nitrogens with two attached hydrogens (primary N) is 1. The SMILES string of the molecule is C/C(N)=C(/C#N)C(=O)COc1ccccc1C(=O)Nc1ccccc1. The molecule has 0 bridgehead atoms. The maximum absolute atomic E-state index is 12.4. The summed E-state index contributed by atoms with van der Waals surface area (Å²) in [7, 11) is 0. The van der Waals surface area contributed by atoms with Crippen molar-refractivity contribution in [2.24, 2.45) is 5.73 Å². The Bertz CT molecular complexity index is 848. The van der Waals surface area contributed by atoms with Crippen molar-refractivity contribution < 1.29 is 14.3 Å². The minimum Gasteiger partial charge on any atom is -0.485 e. The molecule has 2 aromatic carbocycles. The minimum atomic E-state index is -0.541. The van der Waals surface area contributed by atoms with Crippen LogP contribution in [0.15, 0.2) is 65.9 Å². The largest absolute Gasteiger partial charge is 0.485 e. The fourth-order valence-corrected chi connectivity index (χ4v) is 2.09. The number of nitrogens with one attached hydrogen (secondary N) is 1. The second-order valence-corrected chi connectivity index (χ2v) is 5.20. The minimum absolute atomic E-state index is 0.131. The van der Waals surface area contributed by atoms with Gasteiger partial charge in [-0.15, -0.1) is 0 Å². The lowest BCUT2D eigenvalue weighted by Gasteiger charge is -2.11. The Kier molecular flexibility index (Phi) is 5.91. The maximum Gasteiger partial charge on any atom is 0.259 e. The van der Waals surface area contributed by atoms with Gasteiger partial charge in [0.25, 0.3) is 5.91 Å². The molecule has 0 aliphatic heterocycles. The molecule has 2 rings (SSSR count). The third-order valence-electron chi connectivity index (χ3n) is 3.31. The van der Waals surface area contributed by atoms with E-state index in [0.29, 0.717) is 5.69 Å². The van der Waals surface area contributed by atoms with E-state index in [1.54, 1.807) is 42.5 Å². The molecule has 3 N–H and O–H groups in total. The fourth-order valence-electron chi connectivity index (χ4n) is 2.09. The molecule has 0 spiro atoms. The van der Waals surface area contributed by atoms with Crippen molar-refractivity contribution in [3.63, 3.8) is 0 Å². The lowest BCUT2D eigenvalue weighted by atomic mass is 10.1. The van der Waals surface area contributed by atoms with E-state index in [4.69, 9.17) is 15.7 Å². The number of carbonyl (C=O) groups is 2. The van der Waals surface area contributed by atoms with Gasteiger partial charge in [0.15, 0.2) is 6.61 Å². The van der Waals surface area contributed by atoms with Gasteiger partial charge in [0.05, 0.1) is 5.56 Å². The molecule has 1 amide bonds. The summed E-state index contributed by atoms with van der Waals surface area (Å²) >= 11 is 0. The number of benzene rings is 2. The molecule has 0 saturated heterocycles. The van der Waals surface area contributed by atoms with E-state index in [2.05, 4.69) is 5.32 Å². The van der Waals surface area contributed by atoms with Gasteiger partial charge in [-0.25, -0.2) is 0 Å². The van der Waals surface area contributed by atoms with E-state index >= 15 is 0 Å². The number of nitrogens with zero attached hydrogens (tertiary/aromatic N) is 1. The summed E-state index contributed by atoms with van der Waals surface area (Å²) in [6.45, 7) is 1.09. The van der Waals surface area contributed by atoms with Crippen molar-refractivity contribution >= 4 is 17.4 Å². The van der Waals surface area contributed by atoms with Gasteiger partial charge < -0.3 is 15.8 Å². The van der Waals surface area contributed by atoms with Gasteiger partial charge >= 0.3 is 0 Å². The topological polar surface area (TPSA) is 105 Å². The number of Topliss-reactive ketones (excluding diaryl/α,β-unsaturated/α-hetero) is 1. The number of anilines is 1. The summed E-state index contributed by atoms with van der Waals surface area (Å²) in [6.07, 6.45) is 0. The van der Waals surface area contributed by atoms with Crippen molar-refractivity contribution in [3.8, 4) is 11.8 Å². The molecule has 0 heterocycles. The summed E-state index contributed by atoms with van der Waals surface area (Å²) in [5.41, 5.74) is 6.41. The molecule has 0 radical (unpaired) electrons. The highest BCUT2D eigenvalue weighted by Crippen LogP contribution is 2.20. The average Bonchev–Trinajstić information content (AvgIpc) is 2.61. The smallest absolute Gasteiger partial charge is 0.259 e. The Morgan fingerprint density at radius 3 is 2.40 bits per heavy atom. The van der Waals surface area contributed by atoms with E-state index in [-0.39, 0.29) is 35.1 Å². The van der Waals surface area contributed by atoms with Gasteiger partial charge in [-0.3, -0.25) is 9.59 Å². The van der Waals surface area contributed by atoms with Gasteiger partial charge in [-0.05, 0) is 31.2 Å². The number of carbonyl (C=O) groups excluding carboxylic acids is 2. The van der Waals surface area contributed by atoms with Gasteiger partial charge in [0.1, 0.15) is 17.4 Å². The lowest BCUT2D eigenvalue weighted by molar-refractivity contribution is -0.117. The van der Waals surface area contributed by atoms with E-state index in [1.165, 1.54) is 6.92 Å². The highest BCUT2D eigenvalue weighted by molar-refractivity contribution is 6.06. The molecule has 0 atom stereocenters. The van der Waals surface area contributed by atoms with E-state index in [0.717, 1.165) is 0 Å². The third kappa shape index (κ3) is 4.69. The zero-order valence-electron chi connectivity index (χ0n) is 13.7. The molecule has 0 aliphatic rings. The molecular formula is C19H17N3O3. The second kappa shape index (κ2) is 8.31. The van der Waals surface area contributed by atoms with Crippen LogP contribution in [0.5, 0.6) is 5.75 Å². The van der Waals surface area contributed by atoms with Crippen LogP contribution in [0.3, 0.4) is 0 Å². The number of allylic oxidation sites excluding steroid dienone is 1. The van der Waals surface area contributed by atoms with Crippen molar-refractivity contribution in [2.45, 2.75) is 6.92 Å². The van der Waals surface area contributed by atoms with E-state index < -0.39 is 5.78 Å². The number of para-hydroxylation sites is 2. The van der Waals surface area contributed by atoms with Crippen LogP contribution in [-0.2, 0) is 4.79 Å². The van der Waals surface area contributed by atoms with Crippen LogP contribution < -0.4 is 15.8 Å². The molecule has 126 valence electrons. The Labute approximate surface area is 145 Å². The molecule has 0 saturated carbocycles. The first kappa shape index (κ1) is 17.8. The first-order chi connectivity index (χ1) is 12.0. The Morgan fingerprint density at radius 1 is 1.12 bits per heavy atom. The number of ketones is 1. The summed E-state index contributed by atoms with van der Waals surface area (Å²) in [5.74, 6) is -0.655. The molecular weight excluding hydrogens is 318 g/mol. The van der Waals surface area contributed by atoms with Gasteiger partial charge in [0, 0.05) is 11.4 Å². The summed E-state index contributed by atoms with van der Waals surface area (Å²) in [5, 5.41) is 11.7. The lowest BCUT2D eigenvalue weighted by Crippen LogP contribution is -2.18. The quantitative estimate of drug-likeness (QED) is 0.623. The first-order valence-electron chi connectivity index (χ1n) is 7.50. The summed E-state index contributed by atoms with van der Waals surface area (Å²) < 4.78 is 5.44. The van der Waals surface area contributed by atoms with Gasteiger partial charge in [0.2, 0.25) is 5.78 Å². The molecule has 0 unspecified atom stereocenters. The first-order valence-corrected chi connectivity index (χ1v) is 7.50. The molecule has 0 fully saturated rings. The average molecular weight is 335 g/mol. The number of amides is 1. The zero-order chi connectivity index (χ0) is 18.2. The molecule has 0 aliphatic carbocycles. The zero-order valence-corrected chi connectivity index (χ0v) is 13.7. The third-order valence-corrected chi connectivity index (χ3v) is 3.31. The van der Waals surface area contributed by atoms with Crippen LogP contribution in [0.4, 0.5) is 5.69 Å². The van der Waals surface area contributed by atoms with Crippen molar-refractivity contribution in [3.05, 3.63) is 71.4 Å². The summed E-state index contributed by atoms with van der Waals surface area (Å²) in [6, 6.07) is 17.3. The molecule has 6 heteroatoms.